The lowest BCUT2D eigenvalue weighted by molar-refractivity contribution is -0.155. The Bertz CT molecular complexity index is 422. The summed E-state index contributed by atoms with van der Waals surface area (Å²) in [5.41, 5.74) is 0.534. The van der Waals surface area contributed by atoms with Crippen LogP contribution in [0.4, 0.5) is 0 Å². The fraction of sp³-hybridized carbons (Fsp3) is 0.500. The molecule has 0 bridgehead atoms. The van der Waals surface area contributed by atoms with Crippen LogP contribution in [0.25, 0.3) is 0 Å². The second-order valence-electron chi connectivity index (χ2n) is 5.09. The first kappa shape index (κ1) is 14.8. The van der Waals surface area contributed by atoms with Crippen LogP contribution in [-0.2, 0) is 9.53 Å². The van der Waals surface area contributed by atoms with E-state index in [9.17, 15) is 4.79 Å². The zero-order chi connectivity index (χ0) is 13.8. The van der Waals surface area contributed by atoms with Crippen molar-refractivity contribution in [1.82, 2.24) is 0 Å². The first-order chi connectivity index (χ1) is 8.28. The zero-order valence-electron chi connectivity index (χ0n) is 11.2. The standard InChI is InChI=1S/C14H19ClO3/c1-10-5-6-11(15)9-12(10)17-8-7-13(16)18-14(2,3)4/h5-6,9H,7-8H2,1-4H3. The van der Waals surface area contributed by atoms with Gasteiger partial charge in [0.1, 0.15) is 11.4 Å². The summed E-state index contributed by atoms with van der Waals surface area (Å²) in [6.45, 7) is 7.74. The van der Waals surface area contributed by atoms with Crippen molar-refractivity contribution in [2.45, 2.75) is 39.7 Å². The quantitative estimate of drug-likeness (QED) is 0.782. The summed E-state index contributed by atoms with van der Waals surface area (Å²) in [5.74, 6) is 0.438. The molecule has 1 rings (SSSR count). The second-order valence-corrected chi connectivity index (χ2v) is 5.53. The normalized spacial score (nSPS) is 11.2. The van der Waals surface area contributed by atoms with Gasteiger partial charge < -0.3 is 9.47 Å². The fourth-order valence-corrected chi connectivity index (χ4v) is 1.53. The molecule has 0 unspecified atom stereocenters. The molecule has 0 saturated carbocycles. The van der Waals surface area contributed by atoms with Crippen molar-refractivity contribution >= 4 is 17.6 Å². The Morgan fingerprint density at radius 3 is 2.61 bits per heavy atom. The van der Waals surface area contributed by atoms with Crippen LogP contribution in [0, 0.1) is 6.92 Å². The molecule has 0 radical (unpaired) electrons. The van der Waals surface area contributed by atoms with E-state index < -0.39 is 5.60 Å². The molecule has 0 N–H and O–H groups in total. The molecule has 0 saturated heterocycles. The maximum absolute atomic E-state index is 11.5. The van der Waals surface area contributed by atoms with Crippen LogP contribution in [0.3, 0.4) is 0 Å². The van der Waals surface area contributed by atoms with Crippen molar-refractivity contribution < 1.29 is 14.3 Å². The fourth-order valence-electron chi connectivity index (χ4n) is 1.37. The van der Waals surface area contributed by atoms with E-state index in [1.165, 1.54) is 0 Å². The van der Waals surface area contributed by atoms with E-state index in [0.29, 0.717) is 10.8 Å². The molecule has 0 aliphatic rings. The van der Waals surface area contributed by atoms with E-state index in [1.54, 1.807) is 12.1 Å². The summed E-state index contributed by atoms with van der Waals surface area (Å²) in [6.07, 6.45) is 0.225. The number of ether oxygens (including phenoxy) is 2. The molecule has 0 amide bonds. The van der Waals surface area contributed by atoms with Crippen molar-refractivity contribution in [2.75, 3.05) is 6.61 Å². The molecule has 0 aliphatic carbocycles. The van der Waals surface area contributed by atoms with Crippen molar-refractivity contribution in [1.29, 1.82) is 0 Å². The van der Waals surface area contributed by atoms with Gasteiger partial charge in [-0.2, -0.15) is 0 Å². The minimum atomic E-state index is -0.455. The highest BCUT2D eigenvalue weighted by molar-refractivity contribution is 6.30. The number of hydrogen-bond acceptors (Lipinski definition) is 3. The second kappa shape index (κ2) is 6.10. The van der Waals surface area contributed by atoms with Crippen LogP contribution < -0.4 is 4.74 Å². The van der Waals surface area contributed by atoms with Crippen LogP contribution in [0.2, 0.25) is 5.02 Å². The Balaban J connectivity index is 2.42. The van der Waals surface area contributed by atoms with Crippen LogP contribution in [-0.4, -0.2) is 18.2 Å². The van der Waals surface area contributed by atoms with Crippen molar-refractivity contribution in [3.8, 4) is 5.75 Å². The number of carbonyl (C=O) groups is 1. The van der Waals surface area contributed by atoms with Crippen molar-refractivity contribution in [3.05, 3.63) is 28.8 Å². The van der Waals surface area contributed by atoms with E-state index in [1.807, 2.05) is 33.8 Å². The minimum absolute atomic E-state index is 0.225. The first-order valence-electron chi connectivity index (χ1n) is 5.89. The number of aryl methyl sites for hydroxylation is 1. The lowest BCUT2D eigenvalue weighted by atomic mass is 10.2. The number of esters is 1. The predicted octanol–water partition coefficient (Wildman–Crippen LogP) is 3.76. The molecule has 0 aliphatic heterocycles. The number of hydrogen-bond donors (Lipinski definition) is 0. The summed E-state index contributed by atoms with van der Waals surface area (Å²) in [6, 6.07) is 5.43. The highest BCUT2D eigenvalue weighted by atomic mass is 35.5. The largest absolute Gasteiger partial charge is 0.493 e. The van der Waals surface area contributed by atoms with E-state index in [0.717, 1.165) is 5.56 Å². The molecule has 3 nitrogen and oxygen atoms in total. The molecule has 1 aromatic carbocycles. The van der Waals surface area contributed by atoms with Crippen molar-refractivity contribution in [3.63, 3.8) is 0 Å². The molecule has 1 aromatic rings. The Kier molecular flexibility index (Phi) is 5.03. The van der Waals surface area contributed by atoms with E-state index in [4.69, 9.17) is 21.1 Å². The SMILES string of the molecule is Cc1ccc(Cl)cc1OCCC(=O)OC(C)(C)C. The van der Waals surface area contributed by atoms with Gasteiger partial charge in [-0.1, -0.05) is 17.7 Å². The Labute approximate surface area is 113 Å². The maximum atomic E-state index is 11.5. The van der Waals surface area contributed by atoms with Gasteiger partial charge in [0.15, 0.2) is 0 Å². The van der Waals surface area contributed by atoms with Gasteiger partial charge in [-0.3, -0.25) is 4.79 Å². The van der Waals surface area contributed by atoms with Gasteiger partial charge in [0, 0.05) is 5.02 Å². The average molecular weight is 271 g/mol. The van der Waals surface area contributed by atoms with Crippen LogP contribution in [0.15, 0.2) is 18.2 Å². The molecule has 0 atom stereocenters. The van der Waals surface area contributed by atoms with E-state index >= 15 is 0 Å². The molecule has 0 spiro atoms. The number of benzene rings is 1. The molecule has 4 heteroatoms. The van der Waals surface area contributed by atoms with Crippen molar-refractivity contribution in [2.24, 2.45) is 0 Å². The monoisotopic (exact) mass is 270 g/mol. The van der Waals surface area contributed by atoms with Gasteiger partial charge >= 0.3 is 5.97 Å². The summed E-state index contributed by atoms with van der Waals surface area (Å²) < 4.78 is 10.7. The van der Waals surface area contributed by atoms with Crippen LogP contribution >= 0.6 is 11.6 Å². The highest BCUT2D eigenvalue weighted by Crippen LogP contribution is 2.22. The molecule has 100 valence electrons. The Morgan fingerprint density at radius 1 is 1.33 bits per heavy atom. The van der Waals surface area contributed by atoms with Crippen LogP contribution in [0.1, 0.15) is 32.8 Å². The Morgan fingerprint density at radius 2 is 2.00 bits per heavy atom. The van der Waals surface area contributed by atoms with Gasteiger partial charge in [-0.15, -0.1) is 0 Å². The smallest absolute Gasteiger partial charge is 0.309 e. The van der Waals surface area contributed by atoms with Gasteiger partial charge in [-0.25, -0.2) is 0 Å². The van der Waals surface area contributed by atoms with Crippen LogP contribution in [0.5, 0.6) is 5.75 Å². The number of carbonyl (C=O) groups excluding carboxylic acids is 1. The van der Waals surface area contributed by atoms with E-state index in [2.05, 4.69) is 0 Å². The third kappa shape index (κ3) is 5.41. The van der Waals surface area contributed by atoms with Gasteiger partial charge in [-0.05, 0) is 45.4 Å². The zero-order valence-corrected chi connectivity index (χ0v) is 12.0. The summed E-state index contributed by atoms with van der Waals surface area (Å²) in [4.78, 5) is 11.5. The highest BCUT2D eigenvalue weighted by Gasteiger charge is 2.16. The lowest BCUT2D eigenvalue weighted by Gasteiger charge is -2.19. The minimum Gasteiger partial charge on any atom is -0.493 e. The first-order valence-corrected chi connectivity index (χ1v) is 6.26. The van der Waals surface area contributed by atoms with Gasteiger partial charge in [0.05, 0.1) is 13.0 Å². The third-order valence-corrected chi connectivity index (χ3v) is 2.37. The summed E-state index contributed by atoms with van der Waals surface area (Å²) in [7, 11) is 0. The molecule has 0 fully saturated rings. The number of rotatable bonds is 4. The van der Waals surface area contributed by atoms with Gasteiger partial charge in [0.25, 0.3) is 0 Å². The number of halogens is 1. The lowest BCUT2D eigenvalue weighted by Crippen LogP contribution is -2.24. The molecule has 0 heterocycles. The summed E-state index contributed by atoms with van der Waals surface area (Å²) in [5, 5.41) is 0.618. The predicted molar refractivity (Wildman–Crippen MR) is 72.1 cm³/mol. The maximum Gasteiger partial charge on any atom is 0.309 e. The molecular weight excluding hydrogens is 252 g/mol. The molecule has 18 heavy (non-hydrogen) atoms. The summed E-state index contributed by atoms with van der Waals surface area (Å²) >= 11 is 5.87. The molecular formula is C14H19ClO3. The third-order valence-electron chi connectivity index (χ3n) is 2.13. The Hall–Kier alpha value is -1.22. The topological polar surface area (TPSA) is 35.5 Å². The average Bonchev–Trinajstić information content (AvgIpc) is 2.20. The molecule has 0 aromatic heterocycles. The van der Waals surface area contributed by atoms with E-state index in [-0.39, 0.29) is 19.0 Å². The van der Waals surface area contributed by atoms with Gasteiger partial charge in [0.2, 0.25) is 0 Å².